The zero-order chi connectivity index (χ0) is 19.3. The summed E-state index contributed by atoms with van der Waals surface area (Å²) in [4.78, 5) is 16.8. The van der Waals surface area contributed by atoms with Crippen molar-refractivity contribution in [3.05, 3.63) is 89.8 Å². The van der Waals surface area contributed by atoms with Crippen molar-refractivity contribution in [3.63, 3.8) is 0 Å². The summed E-state index contributed by atoms with van der Waals surface area (Å²) >= 11 is 1.41. The summed E-state index contributed by atoms with van der Waals surface area (Å²) < 4.78 is 5.83. The molecule has 0 saturated heterocycles. The number of carbonyl (C=O) groups is 1. The van der Waals surface area contributed by atoms with Crippen molar-refractivity contribution in [2.45, 2.75) is 6.42 Å². The van der Waals surface area contributed by atoms with Gasteiger partial charge in [-0.2, -0.15) is 0 Å². The van der Waals surface area contributed by atoms with E-state index in [9.17, 15) is 9.90 Å². The average Bonchev–Trinajstić information content (AvgIpc) is 3.13. The van der Waals surface area contributed by atoms with E-state index in [4.69, 9.17) is 9.72 Å². The quantitative estimate of drug-likeness (QED) is 0.448. The van der Waals surface area contributed by atoms with Crippen LogP contribution in [0.3, 0.4) is 0 Å². The molecule has 4 rings (SSSR count). The molecular formula is C23H17NO3S. The number of aliphatic carboxylic acids is 1. The number of rotatable bonds is 6. The highest BCUT2D eigenvalue weighted by molar-refractivity contribution is 7.15. The highest BCUT2D eigenvalue weighted by atomic mass is 32.1. The van der Waals surface area contributed by atoms with E-state index in [-0.39, 0.29) is 6.42 Å². The molecule has 0 aliphatic rings. The normalized spacial score (nSPS) is 10.6. The molecule has 28 heavy (non-hydrogen) atoms. The van der Waals surface area contributed by atoms with Crippen molar-refractivity contribution in [1.82, 2.24) is 4.98 Å². The lowest BCUT2D eigenvalue weighted by molar-refractivity contribution is -0.136. The number of carboxylic acids is 1. The molecule has 1 N–H and O–H groups in total. The molecule has 0 aliphatic heterocycles. The first kappa shape index (κ1) is 17.9. The molecule has 5 heteroatoms. The monoisotopic (exact) mass is 387 g/mol. The van der Waals surface area contributed by atoms with Gasteiger partial charge >= 0.3 is 5.97 Å². The lowest BCUT2D eigenvalue weighted by atomic mass is 10.1. The zero-order valence-corrected chi connectivity index (χ0v) is 15.7. The van der Waals surface area contributed by atoms with Crippen LogP contribution in [0.2, 0.25) is 0 Å². The van der Waals surface area contributed by atoms with Crippen LogP contribution in [0.15, 0.2) is 84.9 Å². The molecule has 0 spiro atoms. The predicted molar refractivity (Wildman–Crippen MR) is 111 cm³/mol. The minimum Gasteiger partial charge on any atom is -0.481 e. The molecule has 1 heterocycles. The van der Waals surface area contributed by atoms with Crippen LogP contribution in [0.5, 0.6) is 11.5 Å². The molecule has 0 fully saturated rings. The van der Waals surface area contributed by atoms with Gasteiger partial charge in [0.05, 0.1) is 12.1 Å². The first-order chi connectivity index (χ1) is 13.7. The van der Waals surface area contributed by atoms with Gasteiger partial charge in [0.15, 0.2) is 0 Å². The van der Waals surface area contributed by atoms with E-state index in [1.165, 1.54) is 11.3 Å². The first-order valence-corrected chi connectivity index (χ1v) is 9.61. The number of hydrogen-bond acceptors (Lipinski definition) is 4. The molecular weight excluding hydrogens is 370 g/mol. The molecule has 0 radical (unpaired) electrons. The molecule has 0 aliphatic carbocycles. The molecule has 0 saturated carbocycles. The van der Waals surface area contributed by atoms with Gasteiger partial charge in [0.25, 0.3) is 0 Å². The Bertz CT molecular complexity index is 1070. The van der Waals surface area contributed by atoms with Crippen LogP contribution in [0, 0.1) is 0 Å². The summed E-state index contributed by atoms with van der Waals surface area (Å²) in [5.41, 5.74) is 2.58. The summed E-state index contributed by atoms with van der Waals surface area (Å²) in [6.45, 7) is 0. The fourth-order valence-electron chi connectivity index (χ4n) is 2.84. The van der Waals surface area contributed by atoms with Crippen LogP contribution in [-0.2, 0) is 11.2 Å². The zero-order valence-electron chi connectivity index (χ0n) is 14.9. The van der Waals surface area contributed by atoms with Gasteiger partial charge in [-0.15, -0.1) is 11.3 Å². The second kappa shape index (κ2) is 8.06. The Morgan fingerprint density at radius 2 is 1.43 bits per heavy atom. The fourth-order valence-corrected chi connectivity index (χ4v) is 3.92. The van der Waals surface area contributed by atoms with E-state index in [1.807, 2.05) is 84.9 Å². The van der Waals surface area contributed by atoms with Gasteiger partial charge in [-0.25, -0.2) is 4.98 Å². The van der Waals surface area contributed by atoms with Crippen molar-refractivity contribution in [2.75, 3.05) is 0 Å². The number of nitrogens with zero attached hydrogens (tertiary/aromatic N) is 1. The number of carboxylic acid groups (broad SMARTS) is 1. The third-order valence-electron chi connectivity index (χ3n) is 4.14. The van der Waals surface area contributed by atoms with Crippen LogP contribution in [0.1, 0.15) is 4.88 Å². The van der Waals surface area contributed by atoms with Gasteiger partial charge in [0.2, 0.25) is 0 Å². The Morgan fingerprint density at radius 3 is 2.07 bits per heavy atom. The van der Waals surface area contributed by atoms with Crippen LogP contribution >= 0.6 is 11.3 Å². The van der Waals surface area contributed by atoms with Crippen LogP contribution in [0.25, 0.3) is 21.8 Å². The predicted octanol–water partition coefficient (Wildman–Crippen LogP) is 5.90. The number of aromatic nitrogens is 1. The standard InChI is InChI=1S/C23H17NO3S/c25-21(26)15-20-22(16-7-3-1-4-8-16)24-23(28-20)17-11-13-19(14-12-17)27-18-9-5-2-6-10-18/h1-14H,15H2,(H,25,26). The second-order valence-corrected chi connectivity index (χ2v) is 7.25. The van der Waals surface area contributed by atoms with Crippen LogP contribution < -0.4 is 4.74 Å². The van der Waals surface area contributed by atoms with E-state index in [0.717, 1.165) is 38.2 Å². The third kappa shape index (κ3) is 4.10. The topological polar surface area (TPSA) is 59.4 Å². The molecule has 3 aromatic carbocycles. The molecule has 0 bridgehead atoms. The Morgan fingerprint density at radius 1 is 0.821 bits per heavy atom. The van der Waals surface area contributed by atoms with E-state index >= 15 is 0 Å². The number of benzene rings is 3. The van der Waals surface area contributed by atoms with Crippen molar-refractivity contribution in [2.24, 2.45) is 0 Å². The van der Waals surface area contributed by atoms with Crippen LogP contribution in [-0.4, -0.2) is 16.1 Å². The Hall–Kier alpha value is -3.44. The van der Waals surface area contributed by atoms with Crippen LogP contribution in [0.4, 0.5) is 0 Å². The summed E-state index contributed by atoms with van der Waals surface area (Å²) in [5, 5.41) is 10.0. The number of hydrogen-bond donors (Lipinski definition) is 1. The molecule has 0 amide bonds. The van der Waals surface area contributed by atoms with Crippen molar-refractivity contribution in [1.29, 1.82) is 0 Å². The van der Waals surface area contributed by atoms with Crippen molar-refractivity contribution < 1.29 is 14.6 Å². The lowest BCUT2D eigenvalue weighted by Gasteiger charge is -2.05. The Balaban J connectivity index is 1.63. The lowest BCUT2D eigenvalue weighted by Crippen LogP contribution is -1.99. The molecule has 0 unspecified atom stereocenters. The smallest absolute Gasteiger partial charge is 0.308 e. The van der Waals surface area contributed by atoms with E-state index in [1.54, 1.807) is 0 Å². The largest absolute Gasteiger partial charge is 0.481 e. The number of thiazole rings is 1. The van der Waals surface area contributed by atoms with Gasteiger partial charge in [-0.3, -0.25) is 4.79 Å². The van der Waals surface area contributed by atoms with Gasteiger partial charge in [-0.1, -0.05) is 48.5 Å². The molecule has 0 atom stereocenters. The Kier molecular flexibility index (Phi) is 5.17. The number of para-hydroxylation sites is 1. The summed E-state index contributed by atoms with van der Waals surface area (Å²) in [5.74, 6) is 0.652. The fraction of sp³-hybridized carbons (Fsp3) is 0.0435. The van der Waals surface area contributed by atoms with Crippen molar-refractivity contribution >= 4 is 17.3 Å². The maximum absolute atomic E-state index is 11.3. The van der Waals surface area contributed by atoms with E-state index in [2.05, 4.69) is 0 Å². The highest BCUT2D eigenvalue weighted by Gasteiger charge is 2.16. The van der Waals surface area contributed by atoms with Gasteiger partial charge in [0.1, 0.15) is 16.5 Å². The van der Waals surface area contributed by atoms with Gasteiger partial charge in [-0.05, 0) is 36.4 Å². The molecule has 1 aromatic heterocycles. The van der Waals surface area contributed by atoms with Gasteiger partial charge in [0, 0.05) is 16.0 Å². The highest BCUT2D eigenvalue weighted by Crippen LogP contribution is 2.35. The minimum atomic E-state index is -0.862. The van der Waals surface area contributed by atoms with E-state index < -0.39 is 5.97 Å². The van der Waals surface area contributed by atoms with Gasteiger partial charge < -0.3 is 9.84 Å². The second-order valence-electron chi connectivity index (χ2n) is 6.17. The number of ether oxygens (including phenoxy) is 1. The van der Waals surface area contributed by atoms with Crippen molar-refractivity contribution in [3.8, 4) is 33.3 Å². The Labute approximate surface area is 166 Å². The maximum atomic E-state index is 11.3. The average molecular weight is 387 g/mol. The third-order valence-corrected chi connectivity index (χ3v) is 5.24. The SMILES string of the molecule is O=C(O)Cc1sc(-c2ccc(Oc3ccccc3)cc2)nc1-c1ccccc1. The summed E-state index contributed by atoms with van der Waals surface area (Å²) in [6.07, 6.45) is -0.0445. The molecule has 138 valence electrons. The molecule has 4 nitrogen and oxygen atoms in total. The minimum absolute atomic E-state index is 0.0445. The first-order valence-electron chi connectivity index (χ1n) is 8.79. The molecule has 4 aromatic rings. The summed E-state index contributed by atoms with van der Waals surface area (Å²) in [6, 6.07) is 26.9. The van der Waals surface area contributed by atoms with E-state index in [0.29, 0.717) is 0 Å². The summed E-state index contributed by atoms with van der Waals surface area (Å²) in [7, 11) is 0. The maximum Gasteiger partial charge on any atom is 0.308 e.